The van der Waals surface area contributed by atoms with E-state index in [0.29, 0.717) is 11.6 Å². The van der Waals surface area contributed by atoms with Crippen molar-refractivity contribution in [2.24, 2.45) is 0 Å². The van der Waals surface area contributed by atoms with Crippen LogP contribution in [0.5, 0.6) is 0 Å². The lowest BCUT2D eigenvalue weighted by Crippen LogP contribution is -2.54. The standard InChI is InChI=1S/C26H29N3O2S/c1-15-7-9-19(10-8-15)29-24(31)21(23(30)27-25(29)32)13-18-12-20-17(3)14-26(4,5)28(6)22(20)11-16(18)2/h7-13,17H,14H2,1-6H3,(H,27,30,32)/b21-13+/t17-/m0/s1. The molecule has 0 spiro atoms. The van der Waals surface area contributed by atoms with E-state index < -0.39 is 11.8 Å². The van der Waals surface area contributed by atoms with Gasteiger partial charge in [0.25, 0.3) is 11.8 Å². The largest absolute Gasteiger partial charge is 0.369 e. The highest BCUT2D eigenvalue weighted by Gasteiger charge is 2.36. The van der Waals surface area contributed by atoms with Crippen molar-refractivity contribution in [3.63, 3.8) is 0 Å². The molecule has 2 aliphatic rings. The van der Waals surface area contributed by atoms with Gasteiger partial charge in [0.15, 0.2) is 5.11 Å². The molecule has 0 aliphatic carbocycles. The van der Waals surface area contributed by atoms with Crippen molar-refractivity contribution in [2.45, 2.75) is 52.5 Å². The number of amides is 2. The fourth-order valence-corrected chi connectivity index (χ4v) is 4.91. The molecule has 1 saturated heterocycles. The van der Waals surface area contributed by atoms with Crippen LogP contribution in [0.25, 0.3) is 6.08 Å². The summed E-state index contributed by atoms with van der Waals surface area (Å²) in [7, 11) is 2.13. The Morgan fingerprint density at radius 1 is 1.12 bits per heavy atom. The Balaban J connectivity index is 1.77. The number of thiocarbonyl (C=S) groups is 1. The topological polar surface area (TPSA) is 52.7 Å². The molecule has 2 amide bonds. The van der Waals surface area contributed by atoms with Gasteiger partial charge in [-0.2, -0.15) is 0 Å². The van der Waals surface area contributed by atoms with Gasteiger partial charge in [-0.05, 0) is 99.3 Å². The zero-order valence-corrected chi connectivity index (χ0v) is 20.3. The molecule has 32 heavy (non-hydrogen) atoms. The third kappa shape index (κ3) is 3.73. The third-order valence-corrected chi connectivity index (χ3v) is 7.00. The summed E-state index contributed by atoms with van der Waals surface area (Å²) >= 11 is 5.31. The van der Waals surface area contributed by atoms with Crippen molar-refractivity contribution in [1.29, 1.82) is 0 Å². The van der Waals surface area contributed by atoms with E-state index in [4.69, 9.17) is 12.2 Å². The van der Waals surface area contributed by atoms with Gasteiger partial charge < -0.3 is 4.90 Å². The van der Waals surface area contributed by atoms with Crippen LogP contribution in [-0.2, 0) is 9.59 Å². The Labute approximate surface area is 195 Å². The highest BCUT2D eigenvalue weighted by Crippen LogP contribution is 2.43. The fourth-order valence-electron chi connectivity index (χ4n) is 4.63. The Bertz CT molecular complexity index is 1160. The lowest BCUT2D eigenvalue weighted by atomic mass is 9.79. The van der Waals surface area contributed by atoms with E-state index in [1.165, 1.54) is 16.2 Å². The van der Waals surface area contributed by atoms with E-state index in [0.717, 1.165) is 23.1 Å². The Morgan fingerprint density at radius 2 is 1.78 bits per heavy atom. The van der Waals surface area contributed by atoms with Crippen LogP contribution >= 0.6 is 12.2 Å². The van der Waals surface area contributed by atoms with Crippen LogP contribution in [-0.4, -0.2) is 29.5 Å². The molecule has 2 aromatic carbocycles. The molecule has 0 saturated carbocycles. The normalized spacial score (nSPS) is 21.6. The number of hydrogen-bond donors (Lipinski definition) is 1. The molecular formula is C26H29N3O2S. The maximum atomic E-state index is 13.3. The molecule has 6 heteroatoms. The molecule has 1 fully saturated rings. The zero-order valence-electron chi connectivity index (χ0n) is 19.4. The second-order valence-corrected chi connectivity index (χ2v) is 9.92. The maximum Gasteiger partial charge on any atom is 0.270 e. The lowest BCUT2D eigenvalue weighted by molar-refractivity contribution is -0.122. The zero-order chi connectivity index (χ0) is 23.4. The van der Waals surface area contributed by atoms with Crippen molar-refractivity contribution >= 4 is 46.6 Å². The smallest absolute Gasteiger partial charge is 0.270 e. The van der Waals surface area contributed by atoms with E-state index in [2.05, 4.69) is 50.2 Å². The number of benzene rings is 2. The van der Waals surface area contributed by atoms with E-state index >= 15 is 0 Å². The highest BCUT2D eigenvalue weighted by molar-refractivity contribution is 7.80. The minimum absolute atomic E-state index is 0.0717. The molecule has 0 aromatic heterocycles. The van der Waals surface area contributed by atoms with Crippen molar-refractivity contribution in [2.75, 3.05) is 16.8 Å². The molecule has 2 aliphatic heterocycles. The maximum absolute atomic E-state index is 13.3. The van der Waals surface area contributed by atoms with Crippen LogP contribution < -0.4 is 15.1 Å². The summed E-state index contributed by atoms with van der Waals surface area (Å²) in [5.74, 6) is -0.501. The summed E-state index contributed by atoms with van der Waals surface area (Å²) < 4.78 is 0. The van der Waals surface area contributed by atoms with E-state index in [1.54, 1.807) is 6.08 Å². The Kier molecular flexibility index (Phi) is 5.45. The minimum Gasteiger partial charge on any atom is -0.369 e. The number of nitrogens with one attached hydrogen (secondary N) is 1. The van der Waals surface area contributed by atoms with Gasteiger partial charge in [-0.1, -0.05) is 24.6 Å². The van der Waals surface area contributed by atoms with Gasteiger partial charge in [0.05, 0.1) is 5.69 Å². The van der Waals surface area contributed by atoms with E-state index in [-0.39, 0.29) is 16.2 Å². The van der Waals surface area contributed by atoms with Gasteiger partial charge in [0, 0.05) is 18.3 Å². The molecule has 1 atom stereocenters. The molecule has 0 bridgehead atoms. The second-order valence-electron chi connectivity index (χ2n) is 9.54. The number of hydrogen-bond acceptors (Lipinski definition) is 4. The third-order valence-electron chi connectivity index (χ3n) is 6.72. The summed E-state index contributed by atoms with van der Waals surface area (Å²) in [5, 5.41) is 2.77. The molecule has 2 aromatic rings. The summed E-state index contributed by atoms with van der Waals surface area (Å²) in [6.45, 7) is 10.7. The van der Waals surface area contributed by atoms with Crippen LogP contribution in [0.15, 0.2) is 42.0 Å². The number of nitrogens with zero attached hydrogens (tertiary/aromatic N) is 2. The van der Waals surface area contributed by atoms with Crippen molar-refractivity contribution in [3.8, 4) is 0 Å². The first-order valence-corrected chi connectivity index (χ1v) is 11.3. The molecule has 1 N–H and O–H groups in total. The molecule has 166 valence electrons. The highest BCUT2D eigenvalue weighted by atomic mass is 32.1. The summed E-state index contributed by atoms with van der Waals surface area (Å²) in [6, 6.07) is 11.8. The molecule has 0 radical (unpaired) electrons. The Hall–Kier alpha value is -2.99. The van der Waals surface area contributed by atoms with Gasteiger partial charge in [0.1, 0.15) is 5.57 Å². The second kappa shape index (κ2) is 7.85. The predicted molar refractivity (Wildman–Crippen MR) is 134 cm³/mol. The fraction of sp³-hybridized carbons (Fsp3) is 0.346. The SMILES string of the molecule is Cc1ccc(N2C(=O)/C(=C/c3cc4c(cc3C)N(C)C(C)(C)C[C@@H]4C)C(=O)NC2=S)cc1. The monoisotopic (exact) mass is 447 g/mol. The summed E-state index contributed by atoms with van der Waals surface area (Å²) in [5.41, 5.74) is 6.20. The number of fused-ring (bicyclic) bond motifs is 1. The van der Waals surface area contributed by atoms with Gasteiger partial charge in [-0.25, -0.2) is 0 Å². The molecule has 4 rings (SSSR count). The Morgan fingerprint density at radius 3 is 2.44 bits per heavy atom. The van der Waals surface area contributed by atoms with Crippen LogP contribution in [0, 0.1) is 13.8 Å². The van der Waals surface area contributed by atoms with Crippen LogP contribution in [0.3, 0.4) is 0 Å². The molecule has 2 heterocycles. The van der Waals surface area contributed by atoms with Crippen molar-refractivity contribution < 1.29 is 9.59 Å². The first-order valence-electron chi connectivity index (χ1n) is 10.9. The first kappa shape index (κ1) is 22.2. The number of aryl methyl sites for hydroxylation is 2. The first-order chi connectivity index (χ1) is 15.0. The van der Waals surface area contributed by atoms with Gasteiger partial charge in [0.2, 0.25) is 0 Å². The summed E-state index contributed by atoms with van der Waals surface area (Å²) in [6.07, 6.45) is 2.73. The average molecular weight is 448 g/mol. The molecular weight excluding hydrogens is 418 g/mol. The van der Waals surface area contributed by atoms with Gasteiger partial charge in [-0.3, -0.25) is 19.8 Å². The lowest BCUT2D eigenvalue weighted by Gasteiger charge is -2.45. The minimum atomic E-state index is -0.466. The van der Waals surface area contributed by atoms with Gasteiger partial charge in [-0.15, -0.1) is 0 Å². The molecule has 5 nitrogen and oxygen atoms in total. The average Bonchev–Trinajstić information content (AvgIpc) is 2.71. The number of anilines is 2. The number of rotatable bonds is 2. The van der Waals surface area contributed by atoms with Crippen molar-refractivity contribution in [1.82, 2.24) is 5.32 Å². The van der Waals surface area contributed by atoms with E-state index in [1.807, 2.05) is 38.1 Å². The van der Waals surface area contributed by atoms with Gasteiger partial charge >= 0.3 is 0 Å². The quantitative estimate of drug-likeness (QED) is 0.406. The van der Waals surface area contributed by atoms with Crippen LogP contribution in [0.2, 0.25) is 0 Å². The predicted octanol–water partition coefficient (Wildman–Crippen LogP) is 4.86. The molecule has 0 unspecified atom stereocenters. The van der Waals surface area contributed by atoms with Crippen molar-refractivity contribution in [3.05, 3.63) is 64.2 Å². The van der Waals surface area contributed by atoms with Crippen LogP contribution in [0.1, 0.15) is 55.4 Å². The number of carbonyl (C=O) groups excluding carboxylic acids is 2. The van der Waals surface area contributed by atoms with E-state index in [9.17, 15) is 9.59 Å². The van der Waals surface area contributed by atoms with Crippen LogP contribution in [0.4, 0.5) is 11.4 Å². The number of carbonyl (C=O) groups is 2. The summed E-state index contributed by atoms with van der Waals surface area (Å²) in [4.78, 5) is 29.8.